The highest BCUT2D eigenvalue weighted by Gasteiger charge is 2.26. The van der Waals surface area contributed by atoms with Crippen LogP contribution in [0.3, 0.4) is 0 Å². The van der Waals surface area contributed by atoms with Crippen molar-refractivity contribution in [3.8, 4) is 0 Å². The maximum absolute atomic E-state index is 12.5. The molecule has 0 radical (unpaired) electrons. The lowest BCUT2D eigenvalue weighted by Crippen LogP contribution is -2.42. The minimum Gasteiger partial charge on any atom is -0.381 e. The molecule has 128 valence electrons. The van der Waals surface area contributed by atoms with Gasteiger partial charge in [0.1, 0.15) is 0 Å². The number of aromatic nitrogens is 1. The van der Waals surface area contributed by atoms with Crippen LogP contribution in [0.25, 0.3) is 0 Å². The quantitative estimate of drug-likeness (QED) is 0.838. The van der Waals surface area contributed by atoms with Crippen LogP contribution >= 0.6 is 0 Å². The number of amides is 1. The second-order valence-electron chi connectivity index (χ2n) is 6.71. The molecular formula is C18H28N2O3. The molecule has 0 spiro atoms. The van der Waals surface area contributed by atoms with Crippen LogP contribution in [0.4, 0.5) is 0 Å². The first kappa shape index (κ1) is 16.5. The maximum atomic E-state index is 12.5. The Bertz CT molecular complexity index is 474. The molecule has 1 unspecified atom stereocenters. The van der Waals surface area contributed by atoms with Crippen LogP contribution < -0.4 is 0 Å². The Morgan fingerprint density at radius 2 is 1.74 bits per heavy atom. The summed E-state index contributed by atoms with van der Waals surface area (Å²) in [6, 6.07) is 4.22. The molecule has 5 heteroatoms. The third-order valence-electron chi connectivity index (χ3n) is 4.95. The van der Waals surface area contributed by atoms with Crippen molar-refractivity contribution in [2.45, 2.75) is 57.3 Å². The molecule has 1 amide bonds. The third kappa shape index (κ3) is 4.58. The van der Waals surface area contributed by atoms with Gasteiger partial charge in [0.15, 0.2) is 0 Å². The number of nitrogens with zero attached hydrogens (tertiary/aromatic N) is 2. The van der Waals surface area contributed by atoms with Gasteiger partial charge in [-0.15, -0.1) is 0 Å². The first-order valence-electron chi connectivity index (χ1n) is 8.86. The van der Waals surface area contributed by atoms with Crippen molar-refractivity contribution in [2.75, 3.05) is 26.3 Å². The SMILES string of the molecule is CC(CC(=O)N1CCC(OC2CCOCC2)CC1)n1cccc1. The summed E-state index contributed by atoms with van der Waals surface area (Å²) in [7, 11) is 0. The number of hydrogen-bond acceptors (Lipinski definition) is 3. The van der Waals surface area contributed by atoms with E-state index in [4.69, 9.17) is 9.47 Å². The van der Waals surface area contributed by atoms with Crippen LogP contribution in [0.2, 0.25) is 0 Å². The smallest absolute Gasteiger partial charge is 0.224 e. The van der Waals surface area contributed by atoms with Crippen molar-refractivity contribution in [1.82, 2.24) is 9.47 Å². The molecule has 2 aliphatic heterocycles. The molecule has 2 aliphatic rings. The molecule has 1 aromatic rings. The topological polar surface area (TPSA) is 43.7 Å². The summed E-state index contributed by atoms with van der Waals surface area (Å²) in [5.41, 5.74) is 0. The second kappa shape index (κ2) is 7.97. The Kier molecular flexibility index (Phi) is 5.73. The summed E-state index contributed by atoms with van der Waals surface area (Å²) in [6.07, 6.45) is 9.20. The summed E-state index contributed by atoms with van der Waals surface area (Å²) < 4.78 is 13.6. The van der Waals surface area contributed by atoms with E-state index >= 15 is 0 Å². The lowest BCUT2D eigenvalue weighted by molar-refractivity contribution is -0.136. The molecule has 0 aromatic carbocycles. The first-order valence-corrected chi connectivity index (χ1v) is 8.86. The number of ether oxygens (including phenoxy) is 2. The zero-order chi connectivity index (χ0) is 16.1. The zero-order valence-electron chi connectivity index (χ0n) is 14.0. The van der Waals surface area contributed by atoms with E-state index in [1.54, 1.807) is 0 Å². The van der Waals surface area contributed by atoms with Gasteiger partial charge in [-0.3, -0.25) is 4.79 Å². The standard InChI is InChI=1S/C18H28N2O3/c1-15(19-8-2-3-9-19)14-18(21)20-10-4-16(5-11-20)23-17-6-12-22-13-7-17/h2-3,8-9,15-17H,4-7,10-14H2,1H3. The van der Waals surface area contributed by atoms with Crippen LogP contribution in [-0.2, 0) is 14.3 Å². The van der Waals surface area contributed by atoms with Gasteiger partial charge in [0.05, 0.1) is 12.2 Å². The molecule has 3 rings (SSSR count). The van der Waals surface area contributed by atoms with E-state index in [9.17, 15) is 4.79 Å². The van der Waals surface area contributed by atoms with Gasteiger partial charge in [-0.2, -0.15) is 0 Å². The number of carbonyl (C=O) groups is 1. The van der Waals surface area contributed by atoms with Crippen molar-refractivity contribution in [2.24, 2.45) is 0 Å². The van der Waals surface area contributed by atoms with Crippen LogP contribution in [0.5, 0.6) is 0 Å². The molecule has 0 N–H and O–H groups in total. The minimum absolute atomic E-state index is 0.216. The van der Waals surface area contributed by atoms with Gasteiger partial charge in [0.2, 0.25) is 5.91 Å². The zero-order valence-corrected chi connectivity index (χ0v) is 14.0. The van der Waals surface area contributed by atoms with E-state index in [0.717, 1.165) is 52.0 Å². The number of piperidine rings is 1. The highest BCUT2D eigenvalue weighted by atomic mass is 16.5. The molecule has 3 heterocycles. The second-order valence-corrected chi connectivity index (χ2v) is 6.71. The summed E-state index contributed by atoms with van der Waals surface area (Å²) in [5, 5.41) is 0. The van der Waals surface area contributed by atoms with Crippen LogP contribution in [0, 0.1) is 0 Å². The van der Waals surface area contributed by atoms with Crippen molar-refractivity contribution in [3.63, 3.8) is 0 Å². The van der Waals surface area contributed by atoms with Crippen molar-refractivity contribution < 1.29 is 14.3 Å². The van der Waals surface area contributed by atoms with Gasteiger partial charge < -0.3 is 18.9 Å². The molecule has 0 bridgehead atoms. The number of likely N-dealkylation sites (tertiary alicyclic amines) is 1. The Labute approximate surface area is 138 Å². The van der Waals surface area contributed by atoms with E-state index in [0.29, 0.717) is 18.6 Å². The number of hydrogen-bond donors (Lipinski definition) is 0. The normalized spacial score (nSPS) is 22.2. The van der Waals surface area contributed by atoms with E-state index in [2.05, 4.69) is 11.5 Å². The number of carbonyl (C=O) groups excluding carboxylic acids is 1. The Morgan fingerprint density at radius 3 is 2.39 bits per heavy atom. The molecule has 0 aliphatic carbocycles. The van der Waals surface area contributed by atoms with Crippen LogP contribution in [-0.4, -0.2) is 53.9 Å². The maximum Gasteiger partial charge on any atom is 0.224 e. The van der Waals surface area contributed by atoms with Gasteiger partial charge in [0.25, 0.3) is 0 Å². The molecule has 2 fully saturated rings. The molecule has 0 saturated carbocycles. The Hall–Kier alpha value is -1.33. The highest BCUT2D eigenvalue weighted by Crippen LogP contribution is 2.21. The summed E-state index contributed by atoms with van der Waals surface area (Å²) in [5.74, 6) is 0.260. The summed E-state index contributed by atoms with van der Waals surface area (Å²) >= 11 is 0. The third-order valence-corrected chi connectivity index (χ3v) is 4.95. The average Bonchev–Trinajstić information content (AvgIpc) is 3.11. The van der Waals surface area contributed by atoms with Crippen LogP contribution in [0.15, 0.2) is 24.5 Å². The van der Waals surface area contributed by atoms with Crippen LogP contribution in [0.1, 0.15) is 45.1 Å². The molecule has 1 atom stereocenters. The Morgan fingerprint density at radius 1 is 1.13 bits per heavy atom. The lowest BCUT2D eigenvalue weighted by atomic mass is 10.1. The van der Waals surface area contributed by atoms with Crippen molar-refractivity contribution in [3.05, 3.63) is 24.5 Å². The van der Waals surface area contributed by atoms with Gasteiger partial charge in [0, 0.05) is 51.2 Å². The Balaban J connectivity index is 1.40. The fourth-order valence-corrected chi connectivity index (χ4v) is 3.45. The molecule has 5 nitrogen and oxygen atoms in total. The van der Waals surface area contributed by atoms with Gasteiger partial charge in [-0.25, -0.2) is 0 Å². The predicted octanol–water partition coefficient (Wildman–Crippen LogP) is 2.63. The van der Waals surface area contributed by atoms with E-state index in [-0.39, 0.29) is 11.9 Å². The number of rotatable bonds is 5. The predicted molar refractivity (Wildman–Crippen MR) is 88.3 cm³/mol. The van der Waals surface area contributed by atoms with Crippen molar-refractivity contribution in [1.29, 1.82) is 0 Å². The monoisotopic (exact) mass is 320 g/mol. The first-order chi connectivity index (χ1) is 11.2. The summed E-state index contributed by atoms with van der Waals surface area (Å²) in [4.78, 5) is 14.5. The minimum atomic E-state index is 0.216. The van der Waals surface area contributed by atoms with Crippen molar-refractivity contribution >= 4 is 5.91 Å². The highest BCUT2D eigenvalue weighted by molar-refractivity contribution is 5.76. The van der Waals surface area contributed by atoms with E-state index in [1.807, 2.05) is 29.4 Å². The fourth-order valence-electron chi connectivity index (χ4n) is 3.45. The lowest BCUT2D eigenvalue weighted by Gasteiger charge is -2.35. The van der Waals surface area contributed by atoms with Gasteiger partial charge >= 0.3 is 0 Å². The summed E-state index contributed by atoms with van der Waals surface area (Å²) in [6.45, 7) is 5.38. The van der Waals surface area contributed by atoms with E-state index < -0.39 is 0 Å². The van der Waals surface area contributed by atoms with E-state index in [1.165, 1.54) is 0 Å². The van der Waals surface area contributed by atoms with Gasteiger partial charge in [-0.1, -0.05) is 0 Å². The fraction of sp³-hybridized carbons (Fsp3) is 0.722. The molecule has 1 aromatic heterocycles. The molecule has 23 heavy (non-hydrogen) atoms. The largest absolute Gasteiger partial charge is 0.381 e. The average molecular weight is 320 g/mol. The molecular weight excluding hydrogens is 292 g/mol. The van der Waals surface area contributed by atoms with Gasteiger partial charge in [-0.05, 0) is 44.7 Å². The molecule has 2 saturated heterocycles.